The SMILES string of the molecule is COc1cc([N+](=O)[O-])cc2c1N[C@H](c1ccc(C)cc1)[C@@H]1CC=C[C@H]21. The van der Waals surface area contributed by atoms with Crippen molar-refractivity contribution in [2.24, 2.45) is 5.92 Å². The van der Waals surface area contributed by atoms with Crippen LogP contribution < -0.4 is 10.1 Å². The summed E-state index contributed by atoms with van der Waals surface area (Å²) in [6, 6.07) is 11.9. The predicted octanol–water partition coefficient (Wildman–Crippen LogP) is 4.74. The first kappa shape index (κ1) is 15.7. The number of non-ortho nitro benzene ring substituents is 1. The van der Waals surface area contributed by atoms with E-state index in [2.05, 4.69) is 48.7 Å². The quantitative estimate of drug-likeness (QED) is 0.499. The average molecular weight is 336 g/mol. The molecule has 3 atom stereocenters. The zero-order valence-electron chi connectivity index (χ0n) is 14.2. The molecular formula is C20H20N2O3. The number of methoxy groups -OCH3 is 1. The summed E-state index contributed by atoms with van der Waals surface area (Å²) in [6.45, 7) is 2.08. The van der Waals surface area contributed by atoms with Gasteiger partial charge in [-0.1, -0.05) is 42.0 Å². The number of benzene rings is 2. The lowest BCUT2D eigenvalue weighted by Crippen LogP contribution is -2.29. The topological polar surface area (TPSA) is 64.4 Å². The first-order chi connectivity index (χ1) is 12.1. The molecule has 0 unspecified atom stereocenters. The van der Waals surface area contributed by atoms with Crippen LogP contribution in [0.3, 0.4) is 0 Å². The predicted molar refractivity (Wildman–Crippen MR) is 97.2 cm³/mol. The molecule has 5 heteroatoms. The Balaban J connectivity index is 1.84. The van der Waals surface area contributed by atoms with Crippen molar-refractivity contribution in [2.75, 3.05) is 12.4 Å². The number of nitro groups is 1. The van der Waals surface area contributed by atoms with Gasteiger partial charge >= 0.3 is 0 Å². The zero-order chi connectivity index (χ0) is 17.6. The lowest BCUT2D eigenvalue weighted by atomic mass is 9.76. The molecule has 5 nitrogen and oxygen atoms in total. The number of ether oxygens (including phenoxy) is 1. The third-order valence-electron chi connectivity index (χ3n) is 5.28. The fourth-order valence-electron chi connectivity index (χ4n) is 4.02. The minimum atomic E-state index is -0.359. The highest BCUT2D eigenvalue weighted by Crippen LogP contribution is 2.53. The van der Waals surface area contributed by atoms with Gasteiger partial charge in [0.05, 0.1) is 29.8 Å². The van der Waals surface area contributed by atoms with Gasteiger partial charge in [0.1, 0.15) is 5.75 Å². The maximum Gasteiger partial charge on any atom is 0.273 e. The molecule has 25 heavy (non-hydrogen) atoms. The zero-order valence-corrected chi connectivity index (χ0v) is 14.2. The Morgan fingerprint density at radius 1 is 1.24 bits per heavy atom. The van der Waals surface area contributed by atoms with Crippen molar-refractivity contribution in [1.29, 1.82) is 0 Å². The molecule has 0 saturated heterocycles. The van der Waals surface area contributed by atoms with E-state index in [0.29, 0.717) is 11.7 Å². The number of hydrogen-bond acceptors (Lipinski definition) is 4. The van der Waals surface area contributed by atoms with Crippen LogP contribution in [0.5, 0.6) is 5.75 Å². The lowest BCUT2D eigenvalue weighted by Gasteiger charge is -2.38. The molecule has 0 aromatic heterocycles. The Hall–Kier alpha value is -2.82. The van der Waals surface area contributed by atoms with Crippen LogP contribution in [0.25, 0.3) is 0 Å². The molecule has 0 amide bonds. The number of rotatable bonds is 3. The molecule has 0 saturated carbocycles. The average Bonchev–Trinajstić information content (AvgIpc) is 3.10. The second-order valence-electron chi connectivity index (χ2n) is 6.76. The van der Waals surface area contributed by atoms with E-state index in [0.717, 1.165) is 17.7 Å². The molecule has 2 aliphatic rings. The van der Waals surface area contributed by atoms with Crippen molar-refractivity contribution in [3.05, 3.63) is 75.4 Å². The summed E-state index contributed by atoms with van der Waals surface area (Å²) in [6.07, 6.45) is 5.31. The highest BCUT2D eigenvalue weighted by molar-refractivity contribution is 5.71. The summed E-state index contributed by atoms with van der Waals surface area (Å²) in [4.78, 5) is 10.9. The van der Waals surface area contributed by atoms with Crippen molar-refractivity contribution in [3.63, 3.8) is 0 Å². The highest BCUT2D eigenvalue weighted by Gasteiger charge is 2.40. The fourth-order valence-corrected chi connectivity index (χ4v) is 4.02. The summed E-state index contributed by atoms with van der Waals surface area (Å²) in [7, 11) is 1.55. The standard InChI is InChI=1S/C20H20N2O3/c1-12-6-8-13(9-7-12)19-16-5-3-4-15(16)17-10-14(22(23)24)11-18(25-2)20(17)21-19/h3-4,6-11,15-16,19,21H,5H2,1-2H3/t15-,16+,19+/m0/s1. The number of aryl methyl sites for hydroxylation is 1. The first-order valence-corrected chi connectivity index (χ1v) is 8.44. The van der Waals surface area contributed by atoms with Gasteiger partial charge in [0.25, 0.3) is 5.69 Å². The van der Waals surface area contributed by atoms with Crippen molar-refractivity contribution < 1.29 is 9.66 Å². The number of anilines is 1. The van der Waals surface area contributed by atoms with E-state index >= 15 is 0 Å². The molecular weight excluding hydrogens is 316 g/mol. The van der Waals surface area contributed by atoms with E-state index in [1.165, 1.54) is 17.2 Å². The normalized spacial score (nSPS) is 23.5. The summed E-state index contributed by atoms with van der Waals surface area (Å²) in [5, 5.41) is 14.9. The van der Waals surface area contributed by atoms with E-state index in [-0.39, 0.29) is 22.6 Å². The van der Waals surface area contributed by atoms with E-state index < -0.39 is 0 Å². The van der Waals surface area contributed by atoms with Gasteiger partial charge in [0.2, 0.25) is 0 Å². The number of nitrogens with one attached hydrogen (secondary N) is 1. The Labute approximate surface area is 146 Å². The maximum atomic E-state index is 11.3. The third kappa shape index (κ3) is 2.56. The van der Waals surface area contributed by atoms with Gasteiger partial charge in [-0.25, -0.2) is 0 Å². The van der Waals surface area contributed by atoms with E-state index in [1.54, 1.807) is 13.2 Å². The fraction of sp³-hybridized carbons (Fsp3) is 0.300. The first-order valence-electron chi connectivity index (χ1n) is 8.44. The van der Waals surface area contributed by atoms with Gasteiger partial charge < -0.3 is 10.1 Å². The number of nitrogens with zero attached hydrogens (tertiary/aromatic N) is 1. The molecule has 1 heterocycles. The van der Waals surface area contributed by atoms with Crippen LogP contribution in [-0.4, -0.2) is 12.0 Å². The van der Waals surface area contributed by atoms with Gasteiger partial charge in [0, 0.05) is 12.0 Å². The van der Waals surface area contributed by atoms with Gasteiger partial charge in [-0.2, -0.15) is 0 Å². The molecule has 0 radical (unpaired) electrons. The summed E-state index contributed by atoms with van der Waals surface area (Å²) in [5.74, 6) is 1.04. The summed E-state index contributed by atoms with van der Waals surface area (Å²) in [5.41, 5.74) is 4.36. The molecule has 1 aliphatic heterocycles. The van der Waals surface area contributed by atoms with Crippen LogP contribution in [-0.2, 0) is 0 Å². The third-order valence-corrected chi connectivity index (χ3v) is 5.28. The Morgan fingerprint density at radius 2 is 2.00 bits per heavy atom. The van der Waals surface area contributed by atoms with Crippen molar-refractivity contribution in [1.82, 2.24) is 0 Å². The smallest absolute Gasteiger partial charge is 0.273 e. The lowest BCUT2D eigenvalue weighted by molar-refractivity contribution is -0.385. The van der Waals surface area contributed by atoms with Crippen LogP contribution in [0.15, 0.2) is 48.6 Å². The molecule has 0 spiro atoms. The van der Waals surface area contributed by atoms with Crippen molar-refractivity contribution >= 4 is 11.4 Å². The van der Waals surface area contributed by atoms with E-state index in [1.807, 2.05) is 0 Å². The van der Waals surface area contributed by atoms with Crippen LogP contribution in [0, 0.1) is 23.0 Å². The number of fused-ring (bicyclic) bond motifs is 3. The molecule has 0 bridgehead atoms. The minimum Gasteiger partial charge on any atom is -0.494 e. The molecule has 128 valence electrons. The van der Waals surface area contributed by atoms with Crippen LogP contribution in [0.2, 0.25) is 0 Å². The maximum absolute atomic E-state index is 11.3. The van der Waals surface area contributed by atoms with Gasteiger partial charge in [-0.15, -0.1) is 0 Å². The van der Waals surface area contributed by atoms with E-state index in [9.17, 15) is 10.1 Å². The molecule has 2 aromatic rings. The molecule has 0 fully saturated rings. The highest BCUT2D eigenvalue weighted by atomic mass is 16.6. The number of hydrogen-bond donors (Lipinski definition) is 1. The molecule has 4 rings (SSSR count). The largest absolute Gasteiger partial charge is 0.494 e. The van der Waals surface area contributed by atoms with Gasteiger partial charge in [-0.05, 0) is 30.4 Å². The van der Waals surface area contributed by atoms with E-state index in [4.69, 9.17) is 4.74 Å². The second kappa shape index (κ2) is 5.92. The molecule has 1 N–H and O–H groups in total. The summed E-state index contributed by atoms with van der Waals surface area (Å²) >= 11 is 0. The Kier molecular flexibility index (Phi) is 3.71. The molecule has 1 aliphatic carbocycles. The van der Waals surface area contributed by atoms with Crippen LogP contribution in [0.1, 0.15) is 35.1 Å². The Morgan fingerprint density at radius 3 is 2.68 bits per heavy atom. The van der Waals surface area contributed by atoms with Gasteiger partial charge in [-0.3, -0.25) is 10.1 Å². The monoisotopic (exact) mass is 336 g/mol. The van der Waals surface area contributed by atoms with Crippen molar-refractivity contribution in [3.8, 4) is 5.75 Å². The summed E-state index contributed by atoms with van der Waals surface area (Å²) < 4.78 is 5.46. The van der Waals surface area contributed by atoms with Gasteiger partial charge in [0.15, 0.2) is 0 Å². The molecule has 2 aromatic carbocycles. The number of nitro benzene ring substituents is 1. The minimum absolute atomic E-state index is 0.0743. The number of allylic oxidation sites excluding steroid dienone is 2. The van der Waals surface area contributed by atoms with Crippen molar-refractivity contribution in [2.45, 2.75) is 25.3 Å². The van der Waals surface area contributed by atoms with Crippen LogP contribution >= 0.6 is 0 Å². The second-order valence-corrected chi connectivity index (χ2v) is 6.76. The van der Waals surface area contributed by atoms with Crippen LogP contribution in [0.4, 0.5) is 11.4 Å². The Bertz CT molecular complexity index is 858.